The molecule has 0 saturated carbocycles. The fourth-order valence-corrected chi connectivity index (χ4v) is 2.76. The van der Waals surface area contributed by atoms with Crippen LogP contribution in [0.3, 0.4) is 0 Å². The first-order valence-corrected chi connectivity index (χ1v) is 8.07. The van der Waals surface area contributed by atoms with E-state index in [1.807, 2.05) is 13.8 Å². The first-order valence-electron chi connectivity index (χ1n) is 8.07. The number of pyridine rings is 1. The maximum atomic E-state index is 12.9. The Kier molecular flexibility index (Phi) is 4.65. The zero-order valence-electron chi connectivity index (χ0n) is 14.1. The van der Waals surface area contributed by atoms with Gasteiger partial charge in [0, 0.05) is 24.7 Å². The van der Waals surface area contributed by atoms with Crippen LogP contribution in [0, 0.1) is 12.7 Å². The number of aryl methyl sites for hydroxylation is 2. The van der Waals surface area contributed by atoms with E-state index >= 15 is 0 Å². The molecule has 0 aliphatic heterocycles. The Bertz CT molecular complexity index is 973. The van der Waals surface area contributed by atoms with Gasteiger partial charge in [-0.25, -0.2) is 4.39 Å². The van der Waals surface area contributed by atoms with Gasteiger partial charge in [-0.3, -0.25) is 14.3 Å². The van der Waals surface area contributed by atoms with Gasteiger partial charge in [0.05, 0.1) is 5.69 Å². The molecule has 130 valence electrons. The number of nitrogens with one attached hydrogen (secondary N) is 1. The predicted octanol–water partition coefficient (Wildman–Crippen LogP) is 1.98. The average molecular weight is 342 g/mol. The number of benzene rings is 1. The third kappa shape index (κ3) is 3.45. The standard InChI is InChI=1S/C18H19FN4O2/c1-3-23-17-15(12(2)21-23)8-9-22(18(17)25)11-16(24)20-10-13-4-6-14(19)7-5-13/h4-9H,3,10-11H2,1-2H3,(H,20,24). The van der Waals surface area contributed by atoms with E-state index in [0.29, 0.717) is 12.1 Å². The lowest BCUT2D eigenvalue weighted by atomic mass is 10.2. The molecule has 0 radical (unpaired) electrons. The molecular formula is C18H19FN4O2. The molecule has 3 rings (SSSR count). The molecule has 0 atom stereocenters. The Morgan fingerprint density at radius 2 is 1.96 bits per heavy atom. The molecule has 2 heterocycles. The second-order valence-electron chi connectivity index (χ2n) is 5.82. The SMILES string of the molecule is CCn1nc(C)c2ccn(CC(=O)NCc3ccc(F)cc3)c(=O)c21. The summed E-state index contributed by atoms with van der Waals surface area (Å²) in [4.78, 5) is 24.8. The van der Waals surface area contributed by atoms with Gasteiger partial charge in [0.2, 0.25) is 5.91 Å². The van der Waals surface area contributed by atoms with Crippen molar-refractivity contribution in [3.63, 3.8) is 0 Å². The van der Waals surface area contributed by atoms with Gasteiger partial charge in [-0.15, -0.1) is 0 Å². The minimum atomic E-state index is -0.322. The fourth-order valence-electron chi connectivity index (χ4n) is 2.76. The van der Waals surface area contributed by atoms with E-state index in [1.54, 1.807) is 29.1 Å². The normalized spacial score (nSPS) is 11.0. The highest BCUT2D eigenvalue weighted by Gasteiger charge is 2.13. The fraction of sp³-hybridized carbons (Fsp3) is 0.278. The Hall–Kier alpha value is -2.96. The molecule has 7 heteroatoms. The summed E-state index contributed by atoms with van der Waals surface area (Å²) in [7, 11) is 0. The molecule has 1 amide bonds. The summed E-state index contributed by atoms with van der Waals surface area (Å²) in [5.74, 6) is -0.608. The van der Waals surface area contributed by atoms with Crippen LogP contribution >= 0.6 is 0 Å². The summed E-state index contributed by atoms with van der Waals surface area (Å²) >= 11 is 0. The van der Waals surface area contributed by atoms with E-state index in [2.05, 4.69) is 10.4 Å². The summed E-state index contributed by atoms with van der Waals surface area (Å²) in [6.45, 7) is 4.55. The van der Waals surface area contributed by atoms with Crippen molar-refractivity contribution in [2.75, 3.05) is 0 Å². The molecule has 25 heavy (non-hydrogen) atoms. The number of fused-ring (bicyclic) bond motifs is 1. The number of carbonyl (C=O) groups excluding carboxylic acids is 1. The second-order valence-corrected chi connectivity index (χ2v) is 5.82. The zero-order chi connectivity index (χ0) is 18.0. The molecule has 1 aromatic carbocycles. The molecule has 0 saturated heterocycles. The van der Waals surface area contributed by atoms with E-state index in [9.17, 15) is 14.0 Å². The molecule has 3 aromatic rings. The van der Waals surface area contributed by atoms with Gasteiger partial charge in [-0.1, -0.05) is 12.1 Å². The maximum Gasteiger partial charge on any atom is 0.277 e. The van der Waals surface area contributed by atoms with Crippen molar-refractivity contribution >= 4 is 16.8 Å². The van der Waals surface area contributed by atoms with Crippen molar-refractivity contribution in [2.45, 2.75) is 33.5 Å². The van der Waals surface area contributed by atoms with Crippen molar-refractivity contribution in [1.82, 2.24) is 19.7 Å². The first kappa shape index (κ1) is 16.9. The van der Waals surface area contributed by atoms with Crippen LogP contribution in [0.4, 0.5) is 4.39 Å². The van der Waals surface area contributed by atoms with E-state index in [1.165, 1.54) is 16.7 Å². The van der Waals surface area contributed by atoms with Crippen LogP contribution < -0.4 is 10.9 Å². The molecule has 6 nitrogen and oxygen atoms in total. The van der Waals surface area contributed by atoms with Crippen LogP contribution in [0.2, 0.25) is 0 Å². The van der Waals surface area contributed by atoms with Gasteiger partial charge >= 0.3 is 0 Å². The highest BCUT2D eigenvalue weighted by atomic mass is 19.1. The molecule has 0 fully saturated rings. The second kappa shape index (κ2) is 6.88. The number of hydrogen-bond acceptors (Lipinski definition) is 3. The topological polar surface area (TPSA) is 68.9 Å². The lowest BCUT2D eigenvalue weighted by molar-refractivity contribution is -0.121. The number of hydrogen-bond donors (Lipinski definition) is 1. The zero-order valence-corrected chi connectivity index (χ0v) is 14.1. The van der Waals surface area contributed by atoms with Crippen LogP contribution in [0.1, 0.15) is 18.2 Å². The molecule has 1 N–H and O–H groups in total. The smallest absolute Gasteiger partial charge is 0.277 e. The van der Waals surface area contributed by atoms with Gasteiger partial charge in [-0.05, 0) is 37.6 Å². The molecule has 0 bridgehead atoms. The van der Waals surface area contributed by atoms with Gasteiger partial charge in [0.15, 0.2) is 0 Å². The van der Waals surface area contributed by atoms with Crippen LogP contribution in [-0.4, -0.2) is 20.3 Å². The van der Waals surface area contributed by atoms with E-state index in [-0.39, 0.29) is 30.4 Å². The quantitative estimate of drug-likeness (QED) is 0.771. The Morgan fingerprint density at radius 3 is 2.64 bits per heavy atom. The maximum absolute atomic E-state index is 12.9. The summed E-state index contributed by atoms with van der Waals surface area (Å²) in [6, 6.07) is 7.70. The number of rotatable bonds is 5. The monoisotopic (exact) mass is 342 g/mol. The lowest BCUT2D eigenvalue weighted by Gasteiger charge is -2.08. The first-order chi connectivity index (χ1) is 12.0. The Labute approximate surface area is 143 Å². The largest absolute Gasteiger partial charge is 0.350 e. The van der Waals surface area contributed by atoms with Gasteiger partial charge < -0.3 is 9.88 Å². The molecule has 2 aromatic heterocycles. The lowest BCUT2D eigenvalue weighted by Crippen LogP contribution is -2.32. The van der Waals surface area contributed by atoms with Crippen LogP contribution in [-0.2, 0) is 24.4 Å². The molecular weight excluding hydrogens is 323 g/mol. The van der Waals surface area contributed by atoms with Crippen LogP contribution in [0.5, 0.6) is 0 Å². The predicted molar refractivity (Wildman–Crippen MR) is 92.7 cm³/mol. The minimum Gasteiger partial charge on any atom is -0.350 e. The van der Waals surface area contributed by atoms with Crippen molar-refractivity contribution in [3.8, 4) is 0 Å². The summed E-state index contributed by atoms with van der Waals surface area (Å²) in [6.07, 6.45) is 1.61. The number of aromatic nitrogens is 3. The van der Waals surface area contributed by atoms with Crippen molar-refractivity contribution in [1.29, 1.82) is 0 Å². The summed E-state index contributed by atoms with van der Waals surface area (Å²) in [5.41, 5.74) is 1.85. The molecule has 0 aliphatic carbocycles. The van der Waals surface area contributed by atoms with Crippen molar-refractivity contribution in [2.24, 2.45) is 0 Å². The minimum absolute atomic E-state index is 0.0795. The Morgan fingerprint density at radius 1 is 1.24 bits per heavy atom. The average Bonchev–Trinajstić information content (AvgIpc) is 2.93. The Balaban J connectivity index is 1.76. The van der Waals surface area contributed by atoms with Crippen LogP contribution in [0.15, 0.2) is 41.3 Å². The number of amides is 1. The van der Waals surface area contributed by atoms with Crippen molar-refractivity contribution < 1.29 is 9.18 Å². The molecule has 0 aliphatic rings. The van der Waals surface area contributed by atoms with E-state index < -0.39 is 0 Å². The van der Waals surface area contributed by atoms with E-state index in [0.717, 1.165) is 16.6 Å². The van der Waals surface area contributed by atoms with Crippen LogP contribution in [0.25, 0.3) is 10.9 Å². The highest BCUT2D eigenvalue weighted by Crippen LogP contribution is 2.13. The third-order valence-corrected chi connectivity index (χ3v) is 4.07. The summed E-state index contributed by atoms with van der Waals surface area (Å²) in [5, 5.41) is 7.88. The number of halogens is 1. The summed E-state index contributed by atoms with van der Waals surface area (Å²) < 4.78 is 15.9. The third-order valence-electron chi connectivity index (χ3n) is 4.07. The highest BCUT2D eigenvalue weighted by molar-refractivity contribution is 5.81. The number of carbonyl (C=O) groups is 1. The molecule has 0 unspecified atom stereocenters. The van der Waals surface area contributed by atoms with Gasteiger partial charge in [-0.2, -0.15) is 5.10 Å². The van der Waals surface area contributed by atoms with Crippen molar-refractivity contribution in [3.05, 3.63) is 64.0 Å². The van der Waals surface area contributed by atoms with E-state index in [4.69, 9.17) is 0 Å². The number of nitrogens with zero attached hydrogens (tertiary/aromatic N) is 3. The van der Waals surface area contributed by atoms with Gasteiger partial charge in [0.25, 0.3) is 5.56 Å². The molecule has 0 spiro atoms. The van der Waals surface area contributed by atoms with Gasteiger partial charge in [0.1, 0.15) is 17.9 Å².